The summed E-state index contributed by atoms with van der Waals surface area (Å²) in [4.78, 5) is 11.0. The monoisotopic (exact) mass is 237 g/mol. The van der Waals surface area contributed by atoms with Gasteiger partial charge in [-0.3, -0.25) is 9.36 Å². The highest BCUT2D eigenvalue weighted by atomic mass is 79.9. The molecule has 0 bridgehead atoms. The molecule has 0 fully saturated rings. The maximum Gasteiger partial charge on any atom is 0.321 e. The van der Waals surface area contributed by atoms with Gasteiger partial charge in [0.1, 0.15) is 0 Å². The number of hydrogen-bond donors (Lipinski definition) is 0. The van der Waals surface area contributed by atoms with Crippen LogP contribution in [0, 0.1) is 6.92 Å². The summed E-state index contributed by atoms with van der Waals surface area (Å²) >= 11 is 3.02. The van der Waals surface area contributed by atoms with E-state index in [0.717, 1.165) is 6.20 Å². The van der Waals surface area contributed by atoms with E-state index in [1.807, 2.05) is 0 Å². The first kappa shape index (κ1) is 9.38. The number of pyridine rings is 1. The molecule has 1 rings (SSSR count). The van der Waals surface area contributed by atoms with Crippen LogP contribution in [0.15, 0.2) is 21.5 Å². The number of hydrogen-bond acceptors (Lipinski definition) is 1. The molecule has 0 aliphatic heterocycles. The number of rotatable bonds is 1. The van der Waals surface area contributed by atoms with Crippen molar-refractivity contribution >= 4 is 15.9 Å². The molecule has 2 nitrogen and oxygen atoms in total. The van der Waals surface area contributed by atoms with Crippen molar-refractivity contribution in [3.63, 3.8) is 0 Å². The molecule has 0 amide bonds. The van der Waals surface area contributed by atoms with E-state index in [1.54, 1.807) is 0 Å². The zero-order valence-corrected chi connectivity index (χ0v) is 7.81. The fraction of sp³-hybridized carbons (Fsp3) is 0.286. The van der Waals surface area contributed by atoms with Crippen molar-refractivity contribution in [2.75, 3.05) is 0 Å². The first-order valence-corrected chi connectivity index (χ1v) is 3.98. The van der Waals surface area contributed by atoms with Gasteiger partial charge in [0.05, 0.1) is 0 Å². The minimum atomic E-state index is -2.78. The quantitative estimate of drug-likeness (QED) is 0.735. The van der Waals surface area contributed by atoms with E-state index in [2.05, 4.69) is 15.9 Å². The average Bonchev–Trinajstić information content (AvgIpc) is 1.96. The first-order chi connectivity index (χ1) is 5.52. The molecule has 1 aromatic rings. The largest absolute Gasteiger partial charge is 0.321 e. The normalized spacial score (nSPS) is 10.8. The number of aromatic nitrogens is 1. The SMILES string of the molecule is Cc1cc(Br)cn(C(F)F)c1=O. The zero-order valence-electron chi connectivity index (χ0n) is 6.22. The van der Waals surface area contributed by atoms with Gasteiger partial charge in [0.2, 0.25) is 0 Å². The van der Waals surface area contributed by atoms with Gasteiger partial charge in [0.15, 0.2) is 0 Å². The lowest BCUT2D eigenvalue weighted by molar-refractivity contribution is 0.0659. The fourth-order valence-electron chi connectivity index (χ4n) is 0.846. The summed E-state index contributed by atoms with van der Waals surface area (Å²) in [5.74, 6) is 0. The van der Waals surface area contributed by atoms with Gasteiger partial charge in [0.25, 0.3) is 5.56 Å². The van der Waals surface area contributed by atoms with Gasteiger partial charge in [-0.15, -0.1) is 0 Å². The summed E-state index contributed by atoms with van der Waals surface area (Å²) in [6.07, 6.45) is 1.07. The molecule has 0 aliphatic rings. The Bertz CT molecular complexity index is 348. The zero-order chi connectivity index (χ0) is 9.30. The van der Waals surface area contributed by atoms with Crippen LogP contribution < -0.4 is 5.56 Å². The molecule has 0 saturated carbocycles. The second-order valence-electron chi connectivity index (χ2n) is 2.33. The molecular formula is C7H6BrF2NO. The summed E-state index contributed by atoms with van der Waals surface area (Å²) in [6.45, 7) is -1.29. The van der Waals surface area contributed by atoms with Crippen LogP contribution in [0.2, 0.25) is 0 Å². The maximum absolute atomic E-state index is 12.1. The summed E-state index contributed by atoms with van der Waals surface area (Å²) in [6, 6.07) is 1.50. The van der Waals surface area contributed by atoms with Crippen molar-refractivity contribution in [2.45, 2.75) is 13.5 Å². The van der Waals surface area contributed by atoms with Gasteiger partial charge in [0, 0.05) is 16.2 Å². The lowest BCUT2D eigenvalue weighted by Gasteiger charge is -2.04. The predicted octanol–water partition coefficient (Wildman–Crippen LogP) is 2.31. The van der Waals surface area contributed by atoms with Gasteiger partial charge in [-0.25, -0.2) is 0 Å². The number of nitrogens with zero attached hydrogens (tertiary/aromatic N) is 1. The van der Waals surface area contributed by atoms with Crippen LogP contribution in [0.4, 0.5) is 8.78 Å². The van der Waals surface area contributed by atoms with Gasteiger partial charge in [-0.2, -0.15) is 8.78 Å². The van der Waals surface area contributed by atoms with E-state index in [4.69, 9.17) is 0 Å². The third-order valence-corrected chi connectivity index (χ3v) is 1.83. The van der Waals surface area contributed by atoms with E-state index >= 15 is 0 Å². The number of halogens is 3. The lowest BCUT2D eigenvalue weighted by atomic mass is 10.3. The minimum absolute atomic E-state index is 0.296. The molecule has 0 N–H and O–H groups in total. The fourth-order valence-corrected chi connectivity index (χ4v) is 1.41. The highest BCUT2D eigenvalue weighted by Gasteiger charge is 2.09. The van der Waals surface area contributed by atoms with Gasteiger partial charge in [-0.1, -0.05) is 0 Å². The van der Waals surface area contributed by atoms with Crippen LogP contribution in [0.5, 0.6) is 0 Å². The molecule has 1 aromatic heterocycles. The molecule has 0 spiro atoms. The summed E-state index contributed by atoms with van der Waals surface area (Å²) in [5, 5.41) is 0. The first-order valence-electron chi connectivity index (χ1n) is 3.19. The van der Waals surface area contributed by atoms with Crippen LogP contribution in [-0.4, -0.2) is 4.57 Å². The van der Waals surface area contributed by atoms with Crippen LogP contribution in [-0.2, 0) is 0 Å². The highest BCUT2D eigenvalue weighted by Crippen LogP contribution is 2.13. The van der Waals surface area contributed by atoms with Crippen LogP contribution in [0.3, 0.4) is 0 Å². The molecule has 1 heterocycles. The van der Waals surface area contributed by atoms with Gasteiger partial charge in [-0.05, 0) is 28.9 Å². The van der Waals surface area contributed by atoms with Crippen molar-refractivity contribution in [3.8, 4) is 0 Å². The van der Waals surface area contributed by atoms with E-state index < -0.39 is 12.1 Å². The Balaban J connectivity index is 3.38. The summed E-state index contributed by atoms with van der Waals surface area (Å²) < 4.78 is 25.1. The standard InChI is InChI=1S/C7H6BrF2NO/c1-4-2-5(8)3-11(6(4)12)7(9)10/h2-3,7H,1H3. The average molecular weight is 238 g/mol. The maximum atomic E-state index is 12.1. The van der Waals surface area contributed by atoms with Gasteiger partial charge < -0.3 is 0 Å². The van der Waals surface area contributed by atoms with Crippen LogP contribution in [0.1, 0.15) is 12.1 Å². The summed E-state index contributed by atoms with van der Waals surface area (Å²) in [7, 11) is 0. The Morgan fingerprint density at radius 3 is 2.67 bits per heavy atom. The van der Waals surface area contributed by atoms with Crippen molar-refractivity contribution in [1.29, 1.82) is 0 Å². The molecule has 0 atom stereocenters. The Labute approximate surface area is 76.0 Å². The Morgan fingerprint density at radius 2 is 2.17 bits per heavy atom. The van der Waals surface area contributed by atoms with Crippen molar-refractivity contribution in [3.05, 3.63) is 32.7 Å². The third kappa shape index (κ3) is 1.72. The molecule has 0 radical (unpaired) electrons. The molecule has 0 aliphatic carbocycles. The van der Waals surface area contributed by atoms with Crippen LogP contribution >= 0.6 is 15.9 Å². The lowest BCUT2D eigenvalue weighted by Crippen LogP contribution is -2.22. The predicted molar refractivity (Wildman–Crippen MR) is 44.4 cm³/mol. The van der Waals surface area contributed by atoms with Gasteiger partial charge >= 0.3 is 6.55 Å². The van der Waals surface area contributed by atoms with Crippen molar-refractivity contribution in [2.24, 2.45) is 0 Å². The second kappa shape index (κ2) is 3.35. The van der Waals surface area contributed by atoms with E-state index in [-0.39, 0.29) is 0 Å². The second-order valence-corrected chi connectivity index (χ2v) is 3.25. The third-order valence-electron chi connectivity index (χ3n) is 1.40. The minimum Gasteiger partial charge on any atom is -0.269 e. The van der Waals surface area contributed by atoms with Crippen molar-refractivity contribution < 1.29 is 8.78 Å². The topological polar surface area (TPSA) is 22.0 Å². The van der Waals surface area contributed by atoms with E-state index in [9.17, 15) is 13.6 Å². The Kier molecular flexibility index (Phi) is 2.62. The highest BCUT2D eigenvalue weighted by molar-refractivity contribution is 9.10. The molecule has 0 unspecified atom stereocenters. The smallest absolute Gasteiger partial charge is 0.269 e. The van der Waals surface area contributed by atoms with E-state index in [1.165, 1.54) is 13.0 Å². The molecule has 0 aromatic carbocycles. The molecule has 0 saturated heterocycles. The van der Waals surface area contributed by atoms with Crippen molar-refractivity contribution in [1.82, 2.24) is 4.57 Å². The molecule has 12 heavy (non-hydrogen) atoms. The van der Waals surface area contributed by atoms with Crippen LogP contribution in [0.25, 0.3) is 0 Å². The number of aryl methyl sites for hydroxylation is 1. The molecule has 5 heteroatoms. The Morgan fingerprint density at radius 1 is 1.58 bits per heavy atom. The molecular weight excluding hydrogens is 232 g/mol. The Hall–Kier alpha value is -0.710. The number of alkyl halides is 2. The molecule has 66 valence electrons. The van der Waals surface area contributed by atoms with E-state index in [0.29, 0.717) is 14.6 Å². The summed E-state index contributed by atoms with van der Waals surface area (Å²) in [5.41, 5.74) is -0.363.